The van der Waals surface area contributed by atoms with Crippen LogP contribution in [-0.4, -0.2) is 59.1 Å². The molecular formula is C29H39N3O6. The molecule has 0 bridgehead atoms. The van der Waals surface area contributed by atoms with Crippen molar-refractivity contribution in [3.8, 4) is 0 Å². The Bertz CT molecular complexity index is 1050. The first-order valence-electron chi connectivity index (χ1n) is 13.1. The van der Waals surface area contributed by atoms with Crippen LogP contribution in [0.2, 0.25) is 0 Å². The summed E-state index contributed by atoms with van der Waals surface area (Å²) in [5.41, 5.74) is 1.79. The third kappa shape index (κ3) is 7.79. The third-order valence-electron chi connectivity index (χ3n) is 6.90. The van der Waals surface area contributed by atoms with Crippen molar-refractivity contribution >= 4 is 17.9 Å². The van der Waals surface area contributed by atoms with E-state index in [2.05, 4.69) is 10.6 Å². The average Bonchev–Trinajstić information content (AvgIpc) is 3.28. The molecule has 0 saturated carbocycles. The minimum atomic E-state index is -1.13. The number of alkyl carbamates (subject to hydrolysis) is 1. The topological polar surface area (TPSA) is 117 Å². The van der Waals surface area contributed by atoms with Crippen molar-refractivity contribution < 1.29 is 29.0 Å². The Morgan fingerprint density at radius 1 is 0.974 bits per heavy atom. The Hall–Kier alpha value is -3.43. The fourth-order valence-electron chi connectivity index (χ4n) is 4.34. The molecule has 0 aromatic heterocycles. The van der Waals surface area contributed by atoms with E-state index in [-0.39, 0.29) is 31.1 Å². The molecule has 2 aromatic carbocycles. The SMILES string of the molecule is CCC(C)C(NC(=O)OCc1ccccc1)C(=O)NC(C(=O)N1COC(O)C1Cc1ccccc1)C(C)C. The Morgan fingerprint density at radius 3 is 2.16 bits per heavy atom. The molecule has 1 heterocycles. The molecule has 206 valence electrons. The number of nitrogens with one attached hydrogen (secondary N) is 2. The van der Waals surface area contributed by atoms with Crippen LogP contribution in [0.25, 0.3) is 0 Å². The average molecular weight is 526 g/mol. The molecule has 0 aliphatic carbocycles. The number of hydrogen-bond donors (Lipinski definition) is 3. The molecule has 5 unspecified atom stereocenters. The molecule has 1 aliphatic heterocycles. The van der Waals surface area contributed by atoms with Gasteiger partial charge < -0.3 is 30.1 Å². The highest BCUT2D eigenvalue weighted by Gasteiger charge is 2.41. The lowest BCUT2D eigenvalue weighted by Gasteiger charge is -2.32. The van der Waals surface area contributed by atoms with Crippen LogP contribution in [0.1, 0.15) is 45.2 Å². The fourth-order valence-corrected chi connectivity index (χ4v) is 4.34. The second kappa shape index (κ2) is 13.9. The third-order valence-corrected chi connectivity index (χ3v) is 6.90. The van der Waals surface area contributed by atoms with Crippen LogP contribution in [0.5, 0.6) is 0 Å². The molecule has 9 nitrogen and oxygen atoms in total. The summed E-state index contributed by atoms with van der Waals surface area (Å²) in [6.07, 6.45) is -0.795. The van der Waals surface area contributed by atoms with Crippen LogP contribution in [0.3, 0.4) is 0 Å². The quantitative estimate of drug-likeness (QED) is 0.415. The van der Waals surface area contributed by atoms with Crippen LogP contribution in [0.4, 0.5) is 4.79 Å². The summed E-state index contributed by atoms with van der Waals surface area (Å²) in [7, 11) is 0. The number of carbonyl (C=O) groups is 3. The van der Waals surface area contributed by atoms with Gasteiger partial charge in [0.25, 0.3) is 0 Å². The Kier molecular flexibility index (Phi) is 10.7. The normalized spacial score (nSPS) is 19.5. The minimum Gasteiger partial charge on any atom is -0.445 e. The minimum absolute atomic E-state index is 0.0740. The van der Waals surface area contributed by atoms with Crippen molar-refractivity contribution in [3.05, 3.63) is 71.8 Å². The summed E-state index contributed by atoms with van der Waals surface area (Å²) in [5, 5.41) is 16.0. The highest BCUT2D eigenvalue weighted by molar-refractivity contribution is 5.91. The second-order valence-electron chi connectivity index (χ2n) is 10.1. The van der Waals surface area contributed by atoms with Crippen LogP contribution < -0.4 is 10.6 Å². The number of hydrogen-bond acceptors (Lipinski definition) is 6. The number of aliphatic hydroxyl groups excluding tert-OH is 1. The molecule has 1 fully saturated rings. The van der Waals surface area contributed by atoms with Gasteiger partial charge >= 0.3 is 6.09 Å². The first-order valence-corrected chi connectivity index (χ1v) is 13.1. The van der Waals surface area contributed by atoms with Gasteiger partial charge in [-0.05, 0) is 29.4 Å². The highest BCUT2D eigenvalue weighted by Crippen LogP contribution is 2.22. The molecule has 5 atom stereocenters. The summed E-state index contributed by atoms with van der Waals surface area (Å²) in [4.78, 5) is 41.0. The summed E-state index contributed by atoms with van der Waals surface area (Å²) < 4.78 is 10.7. The Balaban J connectivity index is 1.68. The standard InChI is InChI=1S/C29H39N3O6/c1-5-20(4)25(31-29(36)37-17-22-14-10-7-11-15-22)26(33)30-24(19(2)3)27(34)32-18-38-28(35)23(32)16-21-12-8-6-9-13-21/h6-15,19-20,23-25,28,35H,5,16-18H2,1-4H3,(H,30,33)(H,31,36). The highest BCUT2D eigenvalue weighted by atomic mass is 16.6. The van der Waals surface area contributed by atoms with Gasteiger partial charge in [0.05, 0.1) is 6.04 Å². The number of rotatable bonds is 11. The van der Waals surface area contributed by atoms with Gasteiger partial charge in [0.1, 0.15) is 25.4 Å². The Morgan fingerprint density at radius 2 is 1.58 bits per heavy atom. The van der Waals surface area contributed by atoms with Crippen molar-refractivity contribution in [1.29, 1.82) is 0 Å². The predicted octanol–water partition coefficient (Wildman–Crippen LogP) is 3.21. The van der Waals surface area contributed by atoms with Gasteiger partial charge in [-0.15, -0.1) is 0 Å². The van der Waals surface area contributed by atoms with Crippen molar-refractivity contribution in [3.63, 3.8) is 0 Å². The van der Waals surface area contributed by atoms with Crippen molar-refractivity contribution in [2.45, 2.75) is 71.6 Å². The van der Waals surface area contributed by atoms with Crippen LogP contribution >= 0.6 is 0 Å². The molecule has 9 heteroatoms. The van der Waals surface area contributed by atoms with Crippen LogP contribution in [0, 0.1) is 11.8 Å². The smallest absolute Gasteiger partial charge is 0.408 e. The summed E-state index contributed by atoms with van der Waals surface area (Å²) >= 11 is 0. The van der Waals surface area contributed by atoms with E-state index in [1.54, 1.807) is 0 Å². The lowest BCUT2D eigenvalue weighted by Crippen LogP contribution is -2.58. The van der Waals surface area contributed by atoms with Crippen molar-refractivity contribution in [1.82, 2.24) is 15.5 Å². The van der Waals surface area contributed by atoms with Crippen LogP contribution in [0.15, 0.2) is 60.7 Å². The fraction of sp³-hybridized carbons (Fsp3) is 0.483. The summed E-state index contributed by atoms with van der Waals surface area (Å²) in [6, 6.07) is 16.5. The summed E-state index contributed by atoms with van der Waals surface area (Å²) in [5.74, 6) is -1.27. The van der Waals surface area contributed by atoms with Gasteiger partial charge in [-0.2, -0.15) is 0 Å². The molecule has 3 rings (SSSR count). The van der Waals surface area contributed by atoms with Gasteiger partial charge in [0.15, 0.2) is 6.29 Å². The van der Waals surface area contributed by atoms with E-state index < -0.39 is 36.4 Å². The van der Waals surface area contributed by atoms with E-state index in [4.69, 9.17) is 9.47 Å². The predicted molar refractivity (Wildman–Crippen MR) is 143 cm³/mol. The lowest BCUT2D eigenvalue weighted by atomic mass is 9.96. The number of carbonyl (C=O) groups excluding carboxylic acids is 3. The van der Waals surface area contributed by atoms with E-state index in [0.717, 1.165) is 11.1 Å². The maximum Gasteiger partial charge on any atom is 0.408 e. The molecule has 0 spiro atoms. The second-order valence-corrected chi connectivity index (χ2v) is 10.1. The molecule has 3 amide bonds. The zero-order valence-corrected chi connectivity index (χ0v) is 22.5. The maximum absolute atomic E-state index is 13.6. The van der Waals surface area contributed by atoms with Gasteiger partial charge in [0, 0.05) is 0 Å². The van der Waals surface area contributed by atoms with E-state index in [1.165, 1.54) is 4.90 Å². The number of amides is 3. The molecular weight excluding hydrogens is 486 g/mol. The number of benzene rings is 2. The van der Waals surface area contributed by atoms with Crippen molar-refractivity contribution in [2.24, 2.45) is 11.8 Å². The molecule has 38 heavy (non-hydrogen) atoms. The number of aliphatic hydroxyl groups is 1. The zero-order chi connectivity index (χ0) is 27.7. The molecule has 3 N–H and O–H groups in total. The Labute approximate surface area is 224 Å². The van der Waals surface area contributed by atoms with Gasteiger partial charge in [0.2, 0.25) is 11.8 Å². The maximum atomic E-state index is 13.6. The number of nitrogens with zero attached hydrogens (tertiary/aromatic N) is 1. The molecule has 0 radical (unpaired) electrons. The first kappa shape index (κ1) is 29.1. The lowest BCUT2D eigenvalue weighted by molar-refractivity contribution is -0.140. The van der Waals surface area contributed by atoms with Gasteiger partial charge in [-0.3, -0.25) is 9.59 Å². The van der Waals surface area contributed by atoms with E-state index in [0.29, 0.717) is 12.8 Å². The zero-order valence-electron chi connectivity index (χ0n) is 22.5. The van der Waals surface area contributed by atoms with Crippen LogP contribution in [-0.2, 0) is 32.1 Å². The monoisotopic (exact) mass is 525 g/mol. The first-order chi connectivity index (χ1) is 18.2. The molecule has 2 aromatic rings. The van der Waals surface area contributed by atoms with E-state index >= 15 is 0 Å². The van der Waals surface area contributed by atoms with Gasteiger partial charge in [-0.25, -0.2) is 4.79 Å². The molecule has 1 aliphatic rings. The largest absolute Gasteiger partial charge is 0.445 e. The van der Waals surface area contributed by atoms with E-state index in [1.807, 2.05) is 88.4 Å². The van der Waals surface area contributed by atoms with Gasteiger partial charge in [-0.1, -0.05) is 94.8 Å². The number of ether oxygens (including phenoxy) is 2. The summed E-state index contributed by atoms with van der Waals surface area (Å²) in [6.45, 7) is 7.45. The van der Waals surface area contributed by atoms with Crippen molar-refractivity contribution in [2.75, 3.05) is 6.73 Å². The molecule has 1 saturated heterocycles. The van der Waals surface area contributed by atoms with E-state index in [9.17, 15) is 19.5 Å².